The average Bonchev–Trinajstić information content (AvgIpc) is 2.96. The highest BCUT2D eigenvalue weighted by Gasteiger charge is 2.27. The number of sulfonamides is 1. The molecule has 3 aromatic carbocycles. The van der Waals surface area contributed by atoms with E-state index >= 15 is 0 Å². The Morgan fingerprint density at radius 2 is 1.50 bits per heavy atom. The van der Waals surface area contributed by atoms with Crippen LogP contribution in [-0.2, 0) is 19.6 Å². The highest BCUT2D eigenvalue weighted by molar-refractivity contribution is 7.92. The van der Waals surface area contributed by atoms with Gasteiger partial charge < -0.3 is 9.64 Å². The molecule has 0 atom stereocenters. The van der Waals surface area contributed by atoms with Crippen molar-refractivity contribution in [2.24, 2.45) is 5.10 Å². The van der Waals surface area contributed by atoms with E-state index in [1.807, 2.05) is 18.7 Å². The topological polar surface area (TPSA) is 108 Å². The van der Waals surface area contributed by atoms with Gasteiger partial charge in [-0.25, -0.2) is 13.8 Å². The summed E-state index contributed by atoms with van der Waals surface area (Å²) in [5, 5.41) is 3.99. The zero-order chi connectivity index (χ0) is 28.5. The first-order valence-corrected chi connectivity index (χ1v) is 14.6. The van der Waals surface area contributed by atoms with Gasteiger partial charge in [0.1, 0.15) is 12.3 Å². The van der Waals surface area contributed by atoms with E-state index in [4.69, 9.17) is 4.74 Å². The third kappa shape index (κ3) is 7.69. The summed E-state index contributed by atoms with van der Waals surface area (Å²) in [4.78, 5) is 27.0. The number of benzene rings is 3. The molecule has 0 saturated carbocycles. The second-order valence-electron chi connectivity index (χ2n) is 9.75. The summed E-state index contributed by atoms with van der Waals surface area (Å²) in [6.45, 7) is 4.88. The number of aryl methyl sites for hydroxylation is 2. The molecule has 3 aromatic rings. The molecule has 1 aliphatic rings. The molecule has 4 rings (SSSR count). The van der Waals surface area contributed by atoms with Crippen LogP contribution in [0.1, 0.15) is 36.0 Å². The number of carbonyl (C=O) groups excluding carboxylic acids is 2. The molecule has 1 heterocycles. The molecule has 40 heavy (non-hydrogen) atoms. The molecule has 0 spiro atoms. The van der Waals surface area contributed by atoms with Gasteiger partial charge in [0.05, 0.1) is 16.8 Å². The molecular weight excluding hydrogens is 528 g/mol. The average molecular weight is 563 g/mol. The molecule has 1 saturated heterocycles. The molecule has 2 amide bonds. The molecule has 0 bridgehead atoms. The molecule has 0 aliphatic carbocycles. The van der Waals surface area contributed by atoms with Crippen LogP contribution in [0.4, 0.5) is 5.69 Å². The Morgan fingerprint density at radius 1 is 0.900 bits per heavy atom. The van der Waals surface area contributed by atoms with Crippen LogP contribution in [0.5, 0.6) is 5.75 Å². The Kier molecular flexibility index (Phi) is 9.55. The van der Waals surface area contributed by atoms with Gasteiger partial charge in [0.25, 0.3) is 21.8 Å². The quantitative estimate of drug-likeness (QED) is 0.296. The van der Waals surface area contributed by atoms with E-state index in [0.29, 0.717) is 17.0 Å². The summed E-state index contributed by atoms with van der Waals surface area (Å²) in [6, 6.07) is 20.3. The number of amides is 2. The van der Waals surface area contributed by atoms with Crippen LogP contribution < -0.4 is 14.5 Å². The molecule has 10 heteroatoms. The lowest BCUT2D eigenvalue weighted by Crippen LogP contribution is -2.39. The van der Waals surface area contributed by atoms with Crippen molar-refractivity contribution in [1.82, 2.24) is 10.3 Å². The van der Waals surface area contributed by atoms with Crippen molar-refractivity contribution >= 4 is 33.7 Å². The lowest BCUT2D eigenvalue weighted by atomic mass is 10.1. The van der Waals surface area contributed by atoms with E-state index in [2.05, 4.69) is 10.5 Å². The van der Waals surface area contributed by atoms with Crippen molar-refractivity contribution < 1.29 is 22.7 Å². The van der Waals surface area contributed by atoms with Crippen molar-refractivity contribution in [2.75, 3.05) is 30.5 Å². The number of anilines is 1. The van der Waals surface area contributed by atoms with Gasteiger partial charge in [-0.05, 0) is 87.2 Å². The summed E-state index contributed by atoms with van der Waals surface area (Å²) in [5.41, 5.74) is 5.37. The minimum atomic E-state index is -4.00. The number of likely N-dealkylation sites (tertiary alicyclic amines) is 1. The maximum absolute atomic E-state index is 13.4. The SMILES string of the molecule is Cc1ccc(N(CC(=O)N/N=C/c2ccc(OCC(=O)N3CCCCC3)cc2)S(=O)(=O)c2ccc(C)cc2)cc1. The highest BCUT2D eigenvalue weighted by atomic mass is 32.2. The maximum Gasteiger partial charge on any atom is 0.264 e. The van der Waals surface area contributed by atoms with Crippen molar-refractivity contribution in [2.45, 2.75) is 38.0 Å². The molecule has 1 aliphatic heterocycles. The van der Waals surface area contributed by atoms with Crippen LogP contribution in [0, 0.1) is 13.8 Å². The fourth-order valence-corrected chi connectivity index (χ4v) is 5.66. The predicted octanol–water partition coefficient (Wildman–Crippen LogP) is 4.04. The first-order chi connectivity index (χ1) is 19.2. The van der Waals surface area contributed by atoms with Crippen molar-refractivity contribution in [1.29, 1.82) is 0 Å². The second kappa shape index (κ2) is 13.3. The molecular formula is C30H34N4O5S. The Morgan fingerprint density at radius 3 is 2.12 bits per heavy atom. The smallest absolute Gasteiger partial charge is 0.264 e. The third-order valence-electron chi connectivity index (χ3n) is 6.57. The molecule has 1 N–H and O–H groups in total. The fraction of sp³-hybridized carbons (Fsp3) is 0.300. The number of hydrogen-bond donors (Lipinski definition) is 1. The van der Waals surface area contributed by atoms with Gasteiger partial charge in [-0.3, -0.25) is 13.9 Å². The van der Waals surface area contributed by atoms with Crippen molar-refractivity contribution in [3.63, 3.8) is 0 Å². The molecule has 0 radical (unpaired) electrons. The molecule has 9 nitrogen and oxygen atoms in total. The monoisotopic (exact) mass is 562 g/mol. The fourth-order valence-electron chi connectivity index (χ4n) is 4.24. The Bertz CT molecular complexity index is 1430. The third-order valence-corrected chi connectivity index (χ3v) is 8.36. The predicted molar refractivity (Wildman–Crippen MR) is 155 cm³/mol. The summed E-state index contributed by atoms with van der Waals surface area (Å²) in [7, 11) is -4.00. The van der Waals surface area contributed by atoms with Crippen LogP contribution in [0.3, 0.4) is 0 Å². The number of nitrogens with zero attached hydrogens (tertiary/aromatic N) is 3. The maximum atomic E-state index is 13.4. The van der Waals surface area contributed by atoms with Crippen LogP contribution in [0.15, 0.2) is 82.8 Å². The summed E-state index contributed by atoms with van der Waals surface area (Å²) >= 11 is 0. The van der Waals surface area contributed by atoms with Gasteiger partial charge in [-0.1, -0.05) is 35.4 Å². The number of nitrogens with one attached hydrogen (secondary N) is 1. The molecule has 1 fully saturated rings. The number of ether oxygens (including phenoxy) is 1. The van der Waals surface area contributed by atoms with E-state index in [1.54, 1.807) is 60.7 Å². The Balaban J connectivity index is 1.36. The first-order valence-electron chi connectivity index (χ1n) is 13.2. The van der Waals surface area contributed by atoms with Gasteiger partial charge in [-0.15, -0.1) is 0 Å². The number of piperidine rings is 1. The Labute approximate surface area is 235 Å². The number of rotatable bonds is 10. The zero-order valence-corrected chi connectivity index (χ0v) is 23.6. The minimum absolute atomic E-state index is 0.00747. The van der Waals surface area contributed by atoms with Crippen LogP contribution >= 0.6 is 0 Å². The van der Waals surface area contributed by atoms with E-state index in [0.717, 1.165) is 47.8 Å². The van der Waals surface area contributed by atoms with Gasteiger partial charge >= 0.3 is 0 Å². The standard InChI is InChI=1S/C30H34N4O5S/c1-23-6-12-26(13-7-23)34(40(37,38)28-16-8-24(2)9-17-28)21-29(35)32-31-20-25-10-14-27(15-11-25)39-22-30(36)33-18-4-3-5-19-33/h6-17,20H,3-5,18-19,21-22H2,1-2H3,(H,32,35)/b31-20+. The second-order valence-corrected chi connectivity index (χ2v) is 11.6. The Hall–Kier alpha value is -4.18. The summed E-state index contributed by atoms with van der Waals surface area (Å²) < 4.78 is 33.6. The van der Waals surface area contributed by atoms with Crippen LogP contribution in [0.2, 0.25) is 0 Å². The minimum Gasteiger partial charge on any atom is -0.484 e. The van der Waals surface area contributed by atoms with Crippen LogP contribution in [-0.4, -0.2) is 57.6 Å². The van der Waals surface area contributed by atoms with Crippen molar-refractivity contribution in [3.8, 4) is 5.75 Å². The summed E-state index contributed by atoms with van der Waals surface area (Å²) in [6.07, 6.45) is 4.67. The number of carbonyl (C=O) groups is 2. The van der Waals surface area contributed by atoms with Crippen LogP contribution in [0.25, 0.3) is 0 Å². The molecule has 0 unspecified atom stereocenters. The van der Waals surface area contributed by atoms with E-state index in [9.17, 15) is 18.0 Å². The first kappa shape index (κ1) is 28.8. The zero-order valence-electron chi connectivity index (χ0n) is 22.7. The van der Waals surface area contributed by atoms with E-state index < -0.39 is 22.5 Å². The lowest BCUT2D eigenvalue weighted by molar-refractivity contribution is -0.134. The summed E-state index contributed by atoms with van der Waals surface area (Å²) in [5.74, 6) is -0.0533. The normalized spacial score (nSPS) is 13.7. The lowest BCUT2D eigenvalue weighted by Gasteiger charge is -2.26. The van der Waals surface area contributed by atoms with Gasteiger partial charge in [-0.2, -0.15) is 5.10 Å². The van der Waals surface area contributed by atoms with Crippen molar-refractivity contribution in [3.05, 3.63) is 89.5 Å². The highest BCUT2D eigenvalue weighted by Crippen LogP contribution is 2.24. The van der Waals surface area contributed by atoms with Gasteiger partial charge in [0, 0.05) is 13.1 Å². The largest absolute Gasteiger partial charge is 0.484 e. The van der Waals surface area contributed by atoms with Gasteiger partial charge in [0.15, 0.2) is 6.61 Å². The van der Waals surface area contributed by atoms with Gasteiger partial charge in [0.2, 0.25) is 0 Å². The van der Waals surface area contributed by atoms with E-state index in [1.165, 1.54) is 18.3 Å². The number of hydrogen-bond acceptors (Lipinski definition) is 6. The molecule has 210 valence electrons. The van der Waals surface area contributed by atoms with E-state index in [-0.39, 0.29) is 17.4 Å². The molecule has 0 aromatic heterocycles. The number of hydrazone groups is 1.